The van der Waals surface area contributed by atoms with E-state index in [4.69, 9.17) is 10.5 Å². The van der Waals surface area contributed by atoms with Gasteiger partial charge in [0.05, 0.1) is 18.6 Å². The molecule has 1 aromatic carbocycles. The van der Waals surface area contributed by atoms with Gasteiger partial charge in [-0.15, -0.1) is 35.3 Å². The van der Waals surface area contributed by atoms with E-state index < -0.39 is 4.92 Å². The standard InChI is InChI=1S/C16H20N6O3S.HI/c1-25-14-3-2-13(22(23)24)10-12(14)11-19-15(17)20-5-7-21(8-6-20)16-18-4-9-26-16;/h2-4,9-10H,5-8,11H2,1H3,(H2,17,19);1H. The minimum absolute atomic E-state index is 0. The van der Waals surface area contributed by atoms with E-state index in [0.29, 0.717) is 17.3 Å². The zero-order valence-corrected chi connectivity index (χ0v) is 17.9. The zero-order valence-electron chi connectivity index (χ0n) is 14.8. The maximum Gasteiger partial charge on any atom is 0.270 e. The smallest absolute Gasteiger partial charge is 0.270 e. The van der Waals surface area contributed by atoms with Crippen molar-refractivity contribution in [2.24, 2.45) is 10.7 Å². The topological polar surface area (TPSA) is 110 Å². The van der Waals surface area contributed by atoms with Crippen LogP contribution in [0, 0.1) is 10.1 Å². The Morgan fingerprint density at radius 3 is 2.74 bits per heavy atom. The zero-order chi connectivity index (χ0) is 18.5. The van der Waals surface area contributed by atoms with E-state index >= 15 is 0 Å². The molecule has 2 N–H and O–H groups in total. The van der Waals surface area contributed by atoms with Gasteiger partial charge < -0.3 is 20.3 Å². The molecule has 2 heterocycles. The van der Waals surface area contributed by atoms with E-state index in [1.165, 1.54) is 19.2 Å². The molecule has 0 aliphatic carbocycles. The quantitative estimate of drug-likeness (QED) is 0.219. The van der Waals surface area contributed by atoms with Crippen molar-refractivity contribution in [3.63, 3.8) is 0 Å². The molecule has 3 rings (SSSR count). The molecule has 1 aliphatic rings. The number of non-ortho nitro benzene ring substituents is 1. The minimum Gasteiger partial charge on any atom is -0.496 e. The van der Waals surface area contributed by atoms with E-state index in [1.807, 2.05) is 10.3 Å². The van der Waals surface area contributed by atoms with Crippen molar-refractivity contribution in [3.05, 3.63) is 45.5 Å². The van der Waals surface area contributed by atoms with Gasteiger partial charge in [-0.05, 0) is 6.07 Å². The fraction of sp³-hybridized carbons (Fsp3) is 0.375. The van der Waals surface area contributed by atoms with Crippen molar-refractivity contribution >= 4 is 52.1 Å². The third kappa shape index (κ3) is 5.19. The summed E-state index contributed by atoms with van der Waals surface area (Å²) in [5.74, 6) is 0.984. The number of nitro benzene ring substituents is 1. The highest BCUT2D eigenvalue weighted by Gasteiger charge is 2.20. The first-order valence-electron chi connectivity index (χ1n) is 8.09. The normalized spacial score (nSPS) is 14.6. The molecule has 0 unspecified atom stereocenters. The van der Waals surface area contributed by atoms with Crippen molar-refractivity contribution in [2.45, 2.75) is 6.54 Å². The number of rotatable bonds is 5. The van der Waals surface area contributed by atoms with Crippen LogP contribution in [-0.2, 0) is 6.54 Å². The molecule has 146 valence electrons. The number of hydrogen-bond acceptors (Lipinski definition) is 7. The number of anilines is 1. The van der Waals surface area contributed by atoms with Gasteiger partial charge in [-0.25, -0.2) is 9.98 Å². The Kier molecular flexibility index (Phi) is 7.59. The molecule has 9 nitrogen and oxygen atoms in total. The van der Waals surface area contributed by atoms with E-state index in [9.17, 15) is 10.1 Å². The third-order valence-electron chi connectivity index (χ3n) is 4.18. The number of aliphatic imine (C=N–C) groups is 1. The highest BCUT2D eigenvalue weighted by atomic mass is 127. The molecular formula is C16H21IN6O3S. The first-order valence-corrected chi connectivity index (χ1v) is 8.97. The summed E-state index contributed by atoms with van der Waals surface area (Å²) < 4.78 is 5.25. The number of halogens is 1. The second-order valence-electron chi connectivity index (χ2n) is 5.72. The largest absolute Gasteiger partial charge is 0.496 e. The maximum atomic E-state index is 11.0. The van der Waals surface area contributed by atoms with Crippen molar-refractivity contribution in [3.8, 4) is 5.75 Å². The number of nitrogens with zero attached hydrogens (tertiary/aromatic N) is 5. The van der Waals surface area contributed by atoms with Gasteiger partial charge in [0.25, 0.3) is 5.69 Å². The molecule has 1 aliphatic heterocycles. The average Bonchev–Trinajstić information content (AvgIpc) is 3.20. The van der Waals surface area contributed by atoms with E-state index in [2.05, 4.69) is 14.9 Å². The molecule has 0 atom stereocenters. The van der Waals surface area contributed by atoms with Crippen molar-refractivity contribution in [2.75, 3.05) is 38.2 Å². The van der Waals surface area contributed by atoms with Gasteiger partial charge in [-0.3, -0.25) is 10.1 Å². The fourth-order valence-electron chi connectivity index (χ4n) is 2.77. The van der Waals surface area contributed by atoms with Crippen molar-refractivity contribution in [1.82, 2.24) is 9.88 Å². The van der Waals surface area contributed by atoms with Crippen LogP contribution < -0.4 is 15.4 Å². The molecule has 11 heteroatoms. The van der Waals surface area contributed by atoms with Gasteiger partial charge in [-0.1, -0.05) is 0 Å². The molecule has 1 aromatic heterocycles. The summed E-state index contributed by atoms with van der Waals surface area (Å²) in [6.07, 6.45) is 1.80. The van der Waals surface area contributed by atoms with Gasteiger partial charge in [0.15, 0.2) is 11.1 Å². The lowest BCUT2D eigenvalue weighted by Crippen LogP contribution is -2.51. The number of nitrogens with two attached hydrogens (primary N) is 1. The summed E-state index contributed by atoms with van der Waals surface area (Å²) in [6.45, 7) is 3.37. The molecule has 0 radical (unpaired) electrons. The number of piperazine rings is 1. The highest BCUT2D eigenvalue weighted by Crippen LogP contribution is 2.25. The monoisotopic (exact) mass is 504 g/mol. The minimum atomic E-state index is -0.437. The Bertz CT molecular complexity index is 793. The Morgan fingerprint density at radius 2 is 2.15 bits per heavy atom. The van der Waals surface area contributed by atoms with Gasteiger partial charge in [0.2, 0.25) is 0 Å². The number of ether oxygens (including phenoxy) is 1. The Morgan fingerprint density at radius 1 is 1.41 bits per heavy atom. The Balaban J connectivity index is 0.00000261. The summed E-state index contributed by atoms with van der Waals surface area (Å²) in [6, 6.07) is 4.45. The van der Waals surface area contributed by atoms with Crippen LogP contribution >= 0.6 is 35.3 Å². The van der Waals surface area contributed by atoms with E-state index in [-0.39, 0.29) is 36.2 Å². The van der Waals surface area contributed by atoms with Gasteiger partial charge >= 0.3 is 0 Å². The van der Waals surface area contributed by atoms with E-state index in [1.54, 1.807) is 23.6 Å². The first-order chi connectivity index (χ1) is 12.6. The van der Waals surface area contributed by atoms with Crippen molar-refractivity contribution in [1.29, 1.82) is 0 Å². The van der Waals surface area contributed by atoms with Gasteiger partial charge in [0, 0.05) is 55.5 Å². The van der Waals surface area contributed by atoms with Crippen molar-refractivity contribution < 1.29 is 9.66 Å². The molecule has 0 amide bonds. The number of methoxy groups -OCH3 is 1. The molecule has 2 aromatic rings. The fourth-order valence-corrected chi connectivity index (χ4v) is 3.46. The number of benzene rings is 1. The number of nitro groups is 1. The van der Waals surface area contributed by atoms with Gasteiger partial charge in [-0.2, -0.15) is 0 Å². The lowest BCUT2D eigenvalue weighted by atomic mass is 10.2. The highest BCUT2D eigenvalue weighted by molar-refractivity contribution is 14.0. The van der Waals surface area contributed by atoms with Crippen LogP contribution in [0.3, 0.4) is 0 Å². The molecule has 0 spiro atoms. The lowest BCUT2D eigenvalue weighted by molar-refractivity contribution is -0.384. The molecule has 27 heavy (non-hydrogen) atoms. The summed E-state index contributed by atoms with van der Waals surface area (Å²) in [4.78, 5) is 23.5. The number of aromatic nitrogens is 1. The van der Waals surface area contributed by atoms with Crippen LogP contribution in [0.5, 0.6) is 5.75 Å². The average molecular weight is 504 g/mol. The molecule has 0 bridgehead atoms. The Hall–Kier alpha value is -2.15. The van der Waals surface area contributed by atoms with Gasteiger partial charge in [0.1, 0.15) is 5.75 Å². The first kappa shape index (κ1) is 21.2. The number of thiazole rings is 1. The summed E-state index contributed by atoms with van der Waals surface area (Å²) in [7, 11) is 1.52. The molecular weight excluding hydrogens is 483 g/mol. The number of guanidine groups is 1. The lowest BCUT2D eigenvalue weighted by Gasteiger charge is -2.35. The van der Waals surface area contributed by atoms with Crippen LogP contribution in [0.15, 0.2) is 34.8 Å². The molecule has 0 saturated carbocycles. The van der Waals surface area contributed by atoms with Crippen LogP contribution in [0.2, 0.25) is 0 Å². The molecule has 1 saturated heterocycles. The van der Waals surface area contributed by atoms with Crippen LogP contribution in [0.4, 0.5) is 10.8 Å². The van der Waals surface area contributed by atoms with Crippen LogP contribution in [0.25, 0.3) is 0 Å². The Labute approximate surface area is 178 Å². The van der Waals surface area contributed by atoms with Crippen LogP contribution in [-0.4, -0.2) is 54.1 Å². The summed E-state index contributed by atoms with van der Waals surface area (Å²) >= 11 is 1.62. The number of hydrogen-bond donors (Lipinski definition) is 1. The second kappa shape index (κ2) is 9.69. The predicted octanol–water partition coefficient (Wildman–Crippen LogP) is 2.31. The SMILES string of the molecule is COc1ccc([N+](=O)[O-])cc1CN=C(N)N1CCN(c2nccs2)CC1.I. The molecule has 1 fully saturated rings. The second-order valence-corrected chi connectivity index (χ2v) is 6.59. The summed E-state index contributed by atoms with van der Waals surface area (Å²) in [5.41, 5.74) is 6.76. The van der Waals surface area contributed by atoms with Crippen LogP contribution in [0.1, 0.15) is 5.56 Å². The maximum absolute atomic E-state index is 11.0. The van der Waals surface area contributed by atoms with E-state index in [0.717, 1.165) is 31.3 Å². The third-order valence-corrected chi connectivity index (χ3v) is 5.01. The summed E-state index contributed by atoms with van der Waals surface area (Å²) in [5, 5.41) is 13.9. The predicted molar refractivity (Wildman–Crippen MR) is 116 cm³/mol.